The van der Waals surface area contributed by atoms with Crippen molar-refractivity contribution in [3.63, 3.8) is 0 Å². The predicted octanol–water partition coefficient (Wildman–Crippen LogP) is 9.41. The molecule has 9 rings (SSSR count). The molecule has 2 aliphatic heterocycles. The van der Waals surface area contributed by atoms with Crippen LogP contribution in [0.1, 0.15) is 95.0 Å². The first-order valence-corrected chi connectivity index (χ1v) is 24.0. The molecule has 1 atom stereocenters. The second kappa shape index (κ2) is 19.0. The molecule has 7 aromatic rings. The van der Waals surface area contributed by atoms with Crippen LogP contribution in [0.15, 0.2) is 72.8 Å². The largest absolute Gasteiger partial charge is 0.493 e. The number of aryl methyl sites for hydroxylation is 4. The molecule has 2 aliphatic rings. The average molecular weight is 955 g/mol. The van der Waals surface area contributed by atoms with E-state index in [1.165, 1.54) is 12.1 Å². The lowest BCUT2D eigenvalue weighted by molar-refractivity contribution is -0.134. The zero-order valence-electron chi connectivity index (χ0n) is 40.2. The van der Waals surface area contributed by atoms with Gasteiger partial charge in [0.15, 0.2) is 0 Å². The highest BCUT2D eigenvalue weighted by molar-refractivity contribution is 6.35. The molecular formula is C54H57ClFN7O6. The van der Waals surface area contributed by atoms with Crippen LogP contribution in [0.3, 0.4) is 0 Å². The second-order valence-electron chi connectivity index (χ2n) is 19.3. The first-order valence-electron chi connectivity index (χ1n) is 23.6. The van der Waals surface area contributed by atoms with E-state index in [2.05, 4.69) is 14.8 Å². The van der Waals surface area contributed by atoms with Crippen molar-refractivity contribution in [2.75, 3.05) is 39.3 Å². The van der Waals surface area contributed by atoms with Gasteiger partial charge in [-0.2, -0.15) is 5.10 Å². The number of ether oxygens (including phenoxy) is 2. The molecule has 0 spiro atoms. The third kappa shape index (κ3) is 9.56. The third-order valence-electron chi connectivity index (χ3n) is 13.5. The molecule has 2 fully saturated rings. The quantitative estimate of drug-likeness (QED) is 0.0721. The molecule has 358 valence electrons. The maximum Gasteiger partial charge on any atom is 0.355 e. The highest BCUT2D eigenvalue weighted by Crippen LogP contribution is 2.43. The topological polar surface area (TPSA) is 141 Å². The number of piperidine rings is 1. The number of carbonyl (C=O) groups is 4. The van der Waals surface area contributed by atoms with Crippen molar-refractivity contribution >= 4 is 67.9 Å². The van der Waals surface area contributed by atoms with Gasteiger partial charge in [0.25, 0.3) is 5.91 Å². The van der Waals surface area contributed by atoms with Crippen molar-refractivity contribution in [2.24, 2.45) is 7.05 Å². The van der Waals surface area contributed by atoms with Gasteiger partial charge in [0.1, 0.15) is 22.9 Å². The summed E-state index contributed by atoms with van der Waals surface area (Å²) in [7, 11) is 1.91. The van der Waals surface area contributed by atoms with Gasteiger partial charge < -0.3 is 18.9 Å². The van der Waals surface area contributed by atoms with Crippen molar-refractivity contribution in [1.29, 1.82) is 0 Å². The molecule has 3 amide bonds. The molecule has 15 heteroatoms. The predicted molar refractivity (Wildman–Crippen MR) is 265 cm³/mol. The summed E-state index contributed by atoms with van der Waals surface area (Å²) in [5.41, 5.74) is 7.49. The minimum Gasteiger partial charge on any atom is -0.493 e. The van der Waals surface area contributed by atoms with Crippen LogP contribution in [-0.4, -0.2) is 97.8 Å². The van der Waals surface area contributed by atoms with E-state index in [0.717, 1.165) is 60.7 Å². The normalized spacial score (nSPS) is 15.9. The Kier molecular flexibility index (Phi) is 13.1. The Bertz CT molecular complexity index is 3200. The van der Waals surface area contributed by atoms with Crippen LogP contribution in [0.4, 0.5) is 4.39 Å². The van der Waals surface area contributed by atoms with E-state index in [9.17, 15) is 23.6 Å². The molecule has 4 aromatic carbocycles. The Labute approximate surface area is 405 Å². The zero-order valence-corrected chi connectivity index (χ0v) is 40.9. The fourth-order valence-electron chi connectivity index (χ4n) is 10.0. The highest BCUT2D eigenvalue weighted by atomic mass is 35.5. The number of nitrogens with one attached hydrogen (secondary N) is 1. The number of esters is 1. The Balaban J connectivity index is 0.981. The van der Waals surface area contributed by atoms with E-state index in [4.69, 9.17) is 31.2 Å². The molecule has 13 nitrogen and oxygen atoms in total. The SMILES string of the molecule is Cc1nc2cc(C(=O)N3CCN(CCn4c(C(=O)OC(C)(C)C)c(CCCOc5cccc6cc(F)ccc56)c5ccc(Cl)c(-c6c(C)nn(C)c6C)c54)CC3)ccc2cc1C1CCC(=O)NC1=O. The second-order valence-corrected chi connectivity index (χ2v) is 19.7. The molecule has 0 radical (unpaired) electrons. The third-order valence-corrected chi connectivity index (χ3v) is 13.8. The fourth-order valence-corrected chi connectivity index (χ4v) is 10.3. The summed E-state index contributed by atoms with van der Waals surface area (Å²) in [6, 6.07) is 21.6. The van der Waals surface area contributed by atoms with E-state index in [1.54, 1.807) is 6.07 Å². The summed E-state index contributed by atoms with van der Waals surface area (Å²) >= 11 is 7.21. The van der Waals surface area contributed by atoms with E-state index >= 15 is 0 Å². The highest BCUT2D eigenvalue weighted by Gasteiger charge is 2.33. The molecular weight excluding hydrogens is 897 g/mol. The van der Waals surface area contributed by atoms with Crippen molar-refractivity contribution < 1.29 is 33.0 Å². The number of fused-ring (bicyclic) bond motifs is 3. The van der Waals surface area contributed by atoms with E-state index < -0.39 is 17.5 Å². The van der Waals surface area contributed by atoms with Crippen LogP contribution in [0.2, 0.25) is 5.02 Å². The minimum absolute atomic E-state index is 0.0849. The number of carbonyl (C=O) groups excluding carboxylic acids is 4. The van der Waals surface area contributed by atoms with Gasteiger partial charge in [-0.25, -0.2) is 9.18 Å². The Hall–Kier alpha value is -6.64. The standard InChI is InChI=1S/C54H57ClFN7O6/c1-31-42(41-18-20-46(64)58-51(41)65)29-35-13-14-36(30-44(35)57-31)52(66)62-24-21-61(22-25-62)23-26-63-49-40(17-19-43(55)48(49)47-32(2)59-60(7)33(47)3)39(50(63)53(67)69-54(4,5)6)11-9-27-68-45-12-8-10-34-28-37(56)15-16-38(34)45/h8,10,12-17,19,28-30,41H,9,11,18,20-27H2,1-7H3,(H,58,64,65). The number of hydrogen-bond donors (Lipinski definition) is 1. The molecule has 69 heavy (non-hydrogen) atoms. The molecule has 3 aromatic heterocycles. The van der Waals surface area contributed by atoms with Gasteiger partial charge in [-0.1, -0.05) is 35.9 Å². The smallest absolute Gasteiger partial charge is 0.355 e. The number of piperazine rings is 1. The van der Waals surface area contributed by atoms with Gasteiger partial charge in [-0.3, -0.25) is 34.3 Å². The van der Waals surface area contributed by atoms with Crippen LogP contribution >= 0.6 is 11.6 Å². The molecule has 5 heterocycles. The summed E-state index contributed by atoms with van der Waals surface area (Å²) in [4.78, 5) is 62.0. The molecule has 1 N–H and O–H groups in total. The van der Waals surface area contributed by atoms with E-state index in [0.29, 0.717) is 98.4 Å². The number of rotatable bonds is 12. The molecule has 0 bridgehead atoms. The van der Waals surface area contributed by atoms with Crippen LogP contribution < -0.4 is 10.1 Å². The zero-order chi connectivity index (χ0) is 48.9. The Morgan fingerprint density at radius 2 is 1.65 bits per heavy atom. The molecule has 0 aliphatic carbocycles. The first kappa shape index (κ1) is 47.4. The minimum atomic E-state index is -0.773. The van der Waals surface area contributed by atoms with Crippen molar-refractivity contribution in [1.82, 2.24) is 34.4 Å². The Morgan fingerprint density at radius 1 is 0.884 bits per heavy atom. The van der Waals surface area contributed by atoms with Gasteiger partial charge in [0, 0.05) is 97.0 Å². The maximum atomic E-state index is 14.6. The number of nitrogens with zero attached hydrogens (tertiary/aromatic N) is 6. The van der Waals surface area contributed by atoms with E-state index in [-0.39, 0.29) is 30.0 Å². The number of amides is 3. The van der Waals surface area contributed by atoms with Crippen LogP contribution in [0, 0.1) is 26.6 Å². The molecule has 1 unspecified atom stereocenters. The first-order chi connectivity index (χ1) is 32.9. The average Bonchev–Trinajstić information content (AvgIpc) is 3.75. The summed E-state index contributed by atoms with van der Waals surface area (Å²) in [5, 5.41) is 11.0. The van der Waals surface area contributed by atoms with E-state index in [1.807, 2.05) is 113 Å². The van der Waals surface area contributed by atoms with Crippen LogP contribution in [0.25, 0.3) is 43.7 Å². The van der Waals surface area contributed by atoms with Gasteiger partial charge in [0.05, 0.1) is 34.3 Å². The van der Waals surface area contributed by atoms with Crippen LogP contribution in [0.5, 0.6) is 5.75 Å². The van der Waals surface area contributed by atoms with Crippen molar-refractivity contribution in [3.05, 3.63) is 123 Å². The molecule has 2 saturated heterocycles. The van der Waals surface area contributed by atoms with Gasteiger partial charge in [0.2, 0.25) is 11.8 Å². The number of pyridine rings is 1. The number of hydrogen-bond acceptors (Lipinski definition) is 9. The van der Waals surface area contributed by atoms with Crippen LogP contribution in [-0.2, 0) is 34.3 Å². The molecule has 0 saturated carbocycles. The number of imide groups is 1. The van der Waals surface area contributed by atoms with Crippen molar-refractivity contribution in [3.8, 4) is 16.9 Å². The van der Waals surface area contributed by atoms with Crippen molar-refractivity contribution in [2.45, 2.75) is 85.3 Å². The maximum absolute atomic E-state index is 14.6. The lowest BCUT2D eigenvalue weighted by Gasteiger charge is -2.35. The number of halogens is 2. The summed E-state index contributed by atoms with van der Waals surface area (Å²) in [6.45, 7) is 15.0. The lowest BCUT2D eigenvalue weighted by Crippen LogP contribution is -2.49. The Morgan fingerprint density at radius 3 is 2.38 bits per heavy atom. The van der Waals surface area contributed by atoms with Gasteiger partial charge in [-0.05, 0) is 126 Å². The summed E-state index contributed by atoms with van der Waals surface area (Å²) in [6.07, 6.45) is 1.78. The van der Waals surface area contributed by atoms with Gasteiger partial charge >= 0.3 is 5.97 Å². The summed E-state index contributed by atoms with van der Waals surface area (Å²) < 4.78 is 30.5. The summed E-state index contributed by atoms with van der Waals surface area (Å²) in [5.74, 6) is -1.19. The van der Waals surface area contributed by atoms with Gasteiger partial charge in [-0.15, -0.1) is 0 Å². The lowest BCUT2D eigenvalue weighted by atomic mass is 9.88. The monoisotopic (exact) mass is 953 g/mol. The number of benzene rings is 4. The number of aromatic nitrogens is 4. The fraction of sp³-hybridized carbons (Fsp3) is 0.370.